The zero-order valence-electron chi connectivity index (χ0n) is 16.0. The molecule has 3 heterocycles. The Labute approximate surface area is 160 Å². The highest BCUT2D eigenvalue weighted by Gasteiger charge is 2.41. The normalized spacial score (nSPS) is 23.9. The first-order chi connectivity index (χ1) is 13.1. The lowest BCUT2D eigenvalue weighted by Gasteiger charge is -2.44. The fourth-order valence-corrected chi connectivity index (χ4v) is 4.21. The monoisotopic (exact) mass is 372 g/mol. The summed E-state index contributed by atoms with van der Waals surface area (Å²) in [6.45, 7) is 4.57. The van der Waals surface area contributed by atoms with E-state index in [-0.39, 0.29) is 23.9 Å². The molecule has 1 aliphatic carbocycles. The Kier molecular flexibility index (Phi) is 5.38. The van der Waals surface area contributed by atoms with Gasteiger partial charge in [-0.15, -0.1) is 0 Å². The second kappa shape index (κ2) is 7.92. The Balaban J connectivity index is 1.49. The summed E-state index contributed by atoms with van der Waals surface area (Å²) in [6.07, 6.45) is 8.89. The van der Waals surface area contributed by atoms with Gasteiger partial charge < -0.3 is 14.5 Å². The predicted octanol–water partition coefficient (Wildman–Crippen LogP) is 1.81. The molecule has 4 rings (SSSR count). The minimum absolute atomic E-state index is 0.0366. The summed E-state index contributed by atoms with van der Waals surface area (Å²) in [7, 11) is 0. The maximum Gasteiger partial charge on any atom is 0.257 e. The molecule has 1 unspecified atom stereocenters. The Morgan fingerprint density at radius 2 is 1.78 bits per heavy atom. The van der Waals surface area contributed by atoms with Gasteiger partial charge in [0, 0.05) is 56.7 Å². The Morgan fingerprint density at radius 3 is 2.44 bits per heavy atom. The standard InChI is InChI=1S/C20H28N4O3/c1-14-21-11-16(12-22-14)19(25)23-8-2-3-18(13-23)24(20(26)15-4-5-15)17-6-9-27-10-7-17/h11-12,15,17-18H,2-10,13H2,1H3. The number of aromatic nitrogens is 2. The maximum atomic E-state index is 13.0. The quantitative estimate of drug-likeness (QED) is 0.806. The average Bonchev–Trinajstić information content (AvgIpc) is 3.55. The number of likely N-dealkylation sites (tertiary alicyclic amines) is 1. The molecule has 1 aromatic rings. The van der Waals surface area contributed by atoms with Crippen LogP contribution >= 0.6 is 0 Å². The number of hydrogen-bond acceptors (Lipinski definition) is 5. The summed E-state index contributed by atoms with van der Waals surface area (Å²) in [5, 5.41) is 0. The van der Waals surface area contributed by atoms with E-state index in [2.05, 4.69) is 14.9 Å². The molecule has 146 valence electrons. The van der Waals surface area contributed by atoms with E-state index in [9.17, 15) is 9.59 Å². The number of piperidine rings is 1. The van der Waals surface area contributed by atoms with E-state index < -0.39 is 0 Å². The highest BCUT2D eigenvalue weighted by molar-refractivity contribution is 5.93. The zero-order chi connectivity index (χ0) is 18.8. The van der Waals surface area contributed by atoms with Gasteiger partial charge in [0.05, 0.1) is 5.56 Å². The van der Waals surface area contributed by atoms with Crippen LogP contribution in [-0.4, -0.2) is 70.0 Å². The molecule has 0 N–H and O–H groups in total. The molecule has 0 radical (unpaired) electrons. The van der Waals surface area contributed by atoms with E-state index in [0.717, 1.165) is 58.3 Å². The van der Waals surface area contributed by atoms with Crippen LogP contribution in [0.25, 0.3) is 0 Å². The smallest absolute Gasteiger partial charge is 0.257 e. The van der Waals surface area contributed by atoms with E-state index in [4.69, 9.17) is 4.74 Å². The van der Waals surface area contributed by atoms with Gasteiger partial charge in [-0.2, -0.15) is 0 Å². The van der Waals surface area contributed by atoms with Crippen molar-refractivity contribution in [1.29, 1.82) is 0 Å². The van der Waals surface area contributed by atoms with Gasteiger partial charge in [0.15, 0.2) is 0 Å². The molecular formula is C20H28N4O3. The third-order valence-corrected chi connectivity index (χ3v) is 5.87. The molecule has 1 aromatic heterocycles. The first kappa shape index (κ1) is 18.3. The molecule has 0 spiro atoms. The van der Waals surface area contributed by atoms with Crippen LogP contribution in [0.3, 0.4) is 0 Å². The molecule has 3 fully saturated rings. The summed E-state index contributed by atoms with van der Waals surface area (Å²) >= 11 is 0. The molecule has 0 aromatic carbocycles. The van der Waals surface area contributed by atoms with E-state index in [1.165, 1.54) is 0 Å². The maximum absolute atomic E-state index is 13.0. The second-order valence-electron chi connectivity index (χ2n) is 7.93. The van der Waals surface area contributed by atoms with Crippen molar-refractivity contribution in [2.75, 3.05) is 26.3 Å². The second-order valence-corrected chi connectivity index (χ2v) is 7.93. The number of carbonyl (C=O) groups is 2. The molecule has 27 heavy (non-hydrogen) atoms. The van der Waals surface area contributed by atoms with Crippen LogP contribution in [0, 0.1) is 12.8 Å². The van der Waals surface area contributed by atoms with Crippen molar-refractivity contribution in [2.24, 2.45) is 5.92 Å². The predicted molar refractivity (Wildman–Crippen MR) is 99.1 cm³/mol. The fraction of sp³-hybridized carbons (Fsp3) is 0.700. The van der Waals surface area contributed by atoms with Crippen LogP contribution in [-0.2, 0) is 9.53 Å². The van der Waals surface area contributed by atoms with Gasteiger partial charge >= 0.3 is 0 Å². The van der Waals surface area contributed by atoms with Crippen molar-refractivity contribution in [3.8, 4) is 0 Å². The molecule has 7 nitrogen and oxygen atoms in total. The van der Waals surface area contributed by atoms with Crippen LogP contribution in [0.15, 0.2) is 12.4 Å². The summed E-state index contributed by atoms with van der Waals surface area (Å²) in [4.78, 5) is 38.2. The average molecular weight is 372 g/mol. The van der Waals surface area contributed by atoms with Crippen molar-refractivity contribution in [3.05, 3.63) is 23.8 Å². The van der Waals surface area contributed by atoms with Crippen LogP contribution in [0.2, 0.25) is 0 Å². The highest BCUT2D eigenvalue weighted by atomic mass is 16.5. The van der Waals surface area contributed by atoms with Gasteiger partial charge in [-0.3, -0.25) is 9.59 Å². The van der Waals surface area contributed by atoms with E-state index >= 15 is 0 Å². The van der Waals surface area contributed by atoms with E-state index in [0.29, 0.717) is 23.8 Å². The Morgan fingerprint density at radius 1 is 1.07 bits per heavy atom. The molecule has 1 atom stereocenters. The number of hydrogen-bond donors (Lipinski definition) is 0. The van der Waals surface area contributed by atoms with Crippen molar-refractivity contribution in [3.63, 3.8) is 0 Å². The molecule has 7 heteroatoms. The first-order valence-corrected chi connectivity index (χ1v) is 10.1. The Hall–Kier alpha value is -2.02. The fourth-order valence-electron chi connectivity index (χ4n) is 4.21. The third kappa shape index (κ3) is 4.13. The van der Waals surface area contributed by atoms with Gasteiger partial charge in [-0.05, 0) is 45.4 Å². The minimum Gasteiger partial charge on any atom is -0.381 e. The van der Waals surface area contributed by atoms with Gasteiger partial charge in [0.25, 0.3) is 5.91 Å². The highest BCUT2D eigenvalue weighted by Crippen LogP contribution is 2.35. The van der Waals surface area contributed by atoms with Crippen LogP contribution < -0.4 is 0 Å². The van der Waals surface area contributed by atoms with Crippen LogP contribution in [0.5, 0.6) is 0 Å². The molecule has 2 amide bonds. The van der Waals surface area contributed by atoms with E-state index in [1.54, 1.807) is 19.3 Å². The van der Waals surface area contributed by atoms with Gasteiger partial charge in [0.1, 0.15) is 5.82 Å². The summed E-state index contributed by atoms with van der Waals surface area (Å²) in [6, 6.07) is 0.347. The zero-order valence-corrected chi connectivity index (χ0v) is 16.0. The number of nitrogens with zero attached hydrogens (tertiary/aromatic N) is 4. The van der Waals surface area contributed by atoms with E-state index in [1.807, 2.05) is 4.90 Å². The lowest BCUT2D eigenvalue weighted by atomic mass is 9.97. The topological polar surface area (TPSA) is 75.6 Å². The molecule has 3 aliphatic rings. The number of carbonyl (C=O) groups excluding carboxylic acids is 2. The number of rotatable bonds is 4. The minimum atomic E-state index is -0.0366. The van der Waals surface area contributed by atoms with Crippen molar-refractivity contribution in [1.82, 2.24) is 19.8 Å². The van der Waals surface area contributed by atoms with Crippen molar-refractivity contribution in [2.45, 2.75) is 57.5 Å². The van der Waals surface area contributed by atoms with Crippen LogP contribution in [0.4, 0.5) is 0 Å². The third-order valence-electron chi connectivity index (χ3n) is 5.87. The molecular weight excluding hydrogens is 344 g/mol. The van der Waals surface area contributed by atoms with Gasteiger partial charge in [-0.1, -0.05) is 0 Å². The Bertz CT molecular complexity index is 683. The summed E-state index contributed by atoms with van der Waals surface area (Å²) in [5.74, 6) is 1.11. The summed E-state index contributed by atoms with van der Waals surface area (Å²) in [5.41, 5.74) is 0.521. The lowest BCUT2D eigenvalue weighted by molar-refractivity contribution is -0.141. The largest absolute Gasteiger partial charge is 0.381 e. The van der Waals surface area contributed by atoms with Gasteiger partial charge in [-0.25, -0.2) is 9.97 Å². The molecule has 2 aliphatic heterocycles. The SMILES string of the molecule is Cc1ncc(C(=O)N2CCCC(N(C(=O)C3CC3)C3CCOCC3)C2)cn1. The van der Waals surface area contributed by atoms with Crippen molar-refractivity contribution >= 4 is 11.8 Å². The summed E-state index contributed by atoms with van der Waals surface area (Å²) < 4.78 is 5.50. The first-order valence-electron chi connectivity index (χ1n) is 10.1. The number of ether oxygens (including phenoxy) is 1. The number of amides is 2. The van der Waals surface area contributed by atoms with Crippen molar-refractivity contribution < 1.29 is 14.3 Å². The lowest BCUT2D eigenvalue weighted by Crippen LogP contribution is -2.56. The molecule has 1 saturated carbocycles. The number of aryl methyl sites for hydroxylation is 1. The van der Waals surface area contributed by atoms with Gasteiger partial charge in [0.2, 0.25) is 5.91 Å². The van der Waals surface area contributed by atoms with Crippen LogP contribution in [0.1, 0.15) is 54.7 Å². The molecule has 2 saturated heterocycles. The molecule has 0 bridgehead atoms.